The van der Waals surface area contributed by atoms with Crippen LogP contribution in [0.3, 0.4) is 0 Å². The molecule has 0 aliphatic heterocycles. The molecule has 0 radical (unpaired) electrons. The van der Waals surface area contributed by atoms with Gasteiger partial charge in [0.1, 0.15) is 0 Å². The van der Waals surface area contributed by atoms with Crippen molar-refractivity contribution < 1.29 is 0 Å². The van der Waals surface area contributed by atoms with Crippen LogP contribution in [-0.2, 0) is 12.3 Å². The Hall–Kier alpha value is -1.13. The second-order valence-corrected chi connectivity index (χ2v) is 13.2. The molecule has 2 rings (SSSR count). The van der Waals surface area contributed by atoms with E-state index in [2.05, 4.69) is 74.5 Å². The van der Waals surface area contributed by atoms with E-state index in [0.717, 1.165) is 0 Å². The average molecular weight is 385 g/mol. The Morgan fingerprint density at radius 2 is 0.926 bits per heavy atom. The number of benzene rings is 2. The van der Waals surface area contributed by atoms with E-state index in [1.165, 1.54) is 76.0 Å². The van der Waals surface area contributed by atoms with Crippen molar-refractivity contribution >= 4 is 7.26 Å². The first-order valence-electron chi connectivity index (χ1n) is 11.4. The summed E-state index contributed by atoms with van der Waals surface area (Å²) >= 11 is 0. The molecule has 0 amide bonds. The molecule has 2 aromatic rings. The van der Waals surface area contributed by atoms with Gasteiger partial charge < -0.3 is 0 Å². The zero-order chi connectivity index (χ0) is 19.2. The SMILES string of the molecule is CCCCCC[PH](CCCCCC)(Cc1ccccc1)Cc1ccccc1. The average Bonchev–Trinajstić information content (AvgIpc) is 2.70. The quantitative estimate of drug-likeness (QED) is 0.227. The van der Waals surface area contributed by atoms with Crippen molar-refractivity contribution in [1.82, 2.24) is 0 Å². The fraction of sp³-hybridized carbons (Fsp3) is 0.538. The van der Waals surface area contributed by atoms with Crippen LogP contribution in [0.25, 0.3) is 0 Å². The van der Waals surface area contributed by atoms with Crippen LogP contribution in [0.5, 0.6) is 0 Å². The fourth-order valence-electron chi connectivity index (χ4n) is 4.45. The van der Waals surface area contributed by atoms with Gasteiger partial charge in [-0.05, 0) is 0 Å². The van der Waals surface area contributed by atoms with Crippen LogP contribution in [0.1, 0.15) is 76.3 Å². The Labute approximate surface area is 169 Å². The van der Waals surface area contributed by atoms with Gasteiger partial charge in [-0.1, -0.05) is 0 Å². The third kappa shape index (κ3) is 8.61. The van der Waals surface area contributed by atoms with Crippen LogP contribution < -0.4 is 0 Å². The summed E-state index contributed by atoms with van der Waals surface area (Å²) in [4.78, 5) is 0. The van der Waals surface area contributed by atoms with E-state index < -0.39 is 7.26 Å². The van der Waals surface area contributed by atoms with Crippen molar-refractivity contribution in [3.05, 3.63) is 71.8 Å². The summed E-state index contributed by atoms with van der Waals surface area (Å²) < 4.78 is 0. The van der Waals surface area contributed by atoms with E-state index in [-0.39, 0.29) is 0 Å². The van der Waals surface area contributed by atoms with Gasteiger partial charge in [0.05, 0.1) is 0 Å². The summed E-state index contributed by atoms with van der Waals surface area (Å²) in [6.07, 6.45) is 16.9. The number of hydrogen-bond donors (Lipinski definition) is 0. The molecule has 0 saturated carbocycles. The van der Waals surface area contributed by atoms with Crippen molar-refractivity contribution in [3.63, 3.8) is 0 Å². The second-order valence-electron chi connectivity index (χ2n) is 8.45. The molecule has 0 saturated heterocycles. The molecule has 0 aliphatic rings. The van der Waals surface area contributed by atoms with Crippen LogP contribution in [0.2, 0.25) is 0 Å². The summed E-state index contributed by atoms with van der Waals surface area (Å²) in [5.41, 5.74) is 3.15. The van der Waals surface area contributed by atoms with E-state index in [9.17, 15) is 0 Å². The van der Waals surface area contributed by atoms with E-state index in [0.29, 0.717) is 0 Å². The predicted octanol–water partition coefficient (Wildman–Crippen LogP) is 8.30. The summed E-state index contributed by atoms with van der Waals surface area (Å²) in [5, 5.41) is 0. The molecular formula is C26H41P. The van der Waals surface area contributed by atoms with E-state index in [1.54, 1.807) is 11.1 Å². The maximum atomic E-state index is 2.37. The third-order valence-electron chi connectivity index (χ3n) is 5.97. The Balaban J connectivity index is 2.17. The molecule has 0 atom stereocenters. The number of rotatable bonds is 14. The van der Waals surface area contributed by atoms with Crippen LogP contribution in [0, 0.1) is 0 Å². The van der Waals surface area contributed by atoms with E-state index in [1.807, 2.05) is 0 Å². The third-order valence-corrected chi connectivity index (χ3v) is 11.1. The molecule has 0 aromatic heterocycles. The maximum absolute atomic E-state index is 2.37. The first-order valence-corrected chi connectivity index (χ1v) is 14.2. The molecule has 0 fully saturated rings. The van der Waals surface area contributed by atoms with Gasteiger partial charge in [0, 0.05) is 0 Å². The molecule has 0 aliphatic carbocycles. The van der Waals surface area contributed by atoms with Crippen molar-refractivity contribution in [2.75, 3.05) is 12.3 Å². The second kappa shape index (κ2) is 13.1. The summed E-state index contributed by atoms with van der Waals surface area (Å²) in [7, 11) is -1.38. The molecule has 0 bridgehead atoms. The van der Waals surface area contributed by atoms with Crippen LogP contribution >= 0.6 is 7.26 Å². The Kier molecular flexibility index (Phi) is 10.8. The van der Waals surface area contributed by atoms with Crippen molar-refractivity contribution in [3.8, 4) is 0 Å². The van der Waals surface area contributed by atoms with Crippen molar-refractivity contribution in [1.29, 1.82) is 0 Å². The first kappa shape index (κ1) is 22.2. The fourth-order valence-corrected chi connectivity index (χ4v) is 9.74. The monoisotopic (exact) mass is 384 g/mol. The summed E-state index contributed by atoms with van der Waals surface area (Å²) in [6, 6.07) is 22.7. The van der Waals surface area contributed by atoms with E-state index >= 15 is 0 Å². The zero-order valence-corrected chi connectivity index (χ0v) is 18.8. The molecule has 0 heterocycles. The number of unbranched alkanes of at least 4 members (excludes halogenated alkanes) is 6. The first-order chi connectivity index (χ1) is 13.3. The Morgan fingerprint density at radius 1 is 0.519 bits per heavy atom. The standard InChI is InChI=1S/C26H41P/c1-3-5-7-15-21-27(22-16-8-6-4-2,23-25-17-11-9-12-18-25)24-26-19-13-10-14-20-26/h9-14,17-20,27H,3-8,15-16,21-24H2,1-2H3. The summed E-state index contributed by atoms with van der Waals surface area (Å²) in [6.45, 7) is 4.65. The van der Waals surface area contributed by atoms with Crippen LogP contribution in [-0.4, -0.2) is 12.3 Å². The molecule has 2 aromatic carbocycles. The molecule has 150 valence electrons. The molecular weight excluding hydrogens is 343 g/mol. The number of hydrogen-bond acceptors (Lipinski definition) is 0. The molecule has 0 nitrogen and oxygen atoms in total. The molecule has 0 spiro atoms. The predicted molar refractivity (Wildman–Crippen MR) is 127 cm³/mol. The van der Waals surface area contributed by atoms with Gasteiger partial charge >= 0.3 is 169 Å². The zero-order valence-electron chi connectivity index (χ0n) is 17.8. The van der Waals surface area contributed by atoms with Gasteiger partial charge in [-0.2, -0.15) is 0 Å². The van der Waals surface area contributed by atoms with Gasteiger partial charge in [-0.25, -0.2) is 0 Å². The van der Waals surface area contributed by atoms with Gasteiger partial charge in [-0.15, -0.1) is 0 Å². The Bertz CT molecular complexity index is 535. The molecule has 0 N–H and O–H groups in total. The van der Waals surface area contributed by atoms with Crippen molar-refractivity contribution in [2.24, 2.45) is 0 Å². The minimum absolute atomic E-state index is 1.34. The topological polar surface area (TPSA) is 0 Å². The van der Waals surface area contributed by atoms with Crippen molar-refractivity contribution in [2.45, 2.75) is 77.5 Å². The minimum atomic E-state index is -1.38. The van der Waals surface area contributed by atoms with Gasteiger partial charge in [0.25, 0.3) is 0 Å². The molecule has 1 heteroatoms. The van der Waals surface area contributed by atoms with Gasteiger partial charge in [0.2, 0.25) is 0 Å². The van der Waals surface area contributed by atoms with Gasteiger partial charge in [-0.3, -0.25) is 0 Å². The van der Waals surface area contributed by atoms with E-state index in [4.69, 9.17) is 0 Å². The Morgan fingerprint density at radius 3 is 1.30 bits per heavy atom. The van der Waals surface area contributed by atoms with Gasteiger partial charge in [0.15, 0.2) is 0 Å². The summed E-state index contributed by atoms with van der Waals surface area (Å²) in [5.74, 6) is 0. The normalized spacial score (nSPS) is 12.2. The molecule has 0 unspecified atom stereocenters. The van der Waals surface area contributed by atoms with Crippen LogP contribution in [0.4, 0.5) is 0 Å². The molecule has 27 heavy (non-hydrogen) atoms. The van der Waals surface area contributed by atoms with Crippen LogP contribution in [0.15, 0.2) is 60.7 Å².